The van der Waals surface area contributed by atoms with E-state index in [1.165, 1.54) is 0 Å². The molecule has 0 radical (unpaired) electrons. The molecule has 0 aliphatic heterocycles. The van der Waals surface area contributed by atoms with Crippen LogP contribution in [0.1, 0.15) is 6.92 Å². The van der Waals surface area contributed by atoms with Gasteiger partial charge in [-0.05, 0) is 35.0 Å². The van der Waals surface area contributed by atoms with Crippen LogP contribution in [0.4, 0.5) is 5.82 Å². The molecule has 1 N–H and O–H groups in total. The van der Waals surface area contributed by atoms with E-state index < -0.39 is 0 Å². The normalized spacial score (nSPS) is 12.5. The molecule has 1 aromatic heterocycles. The summed E-state index contributed by atoms with van der Waals surface area (Å²) in [6.45, 7) is 2.77. The van der Waals surface area contributed by atoms with Crippen molar-refractivity contribution in [1.82, 2.24) is 4.98 Å². The van der Waals surface area contributed by atoms with Crippen LogP contribution in [0.2, 0.25) is 0 Å². The van der Waals surface area contributed by atoms with Crippen LogP contribution < -0.4 is 5.32 Å². The van der Waals surface area contributed by atoms with Gasteiger partial charge in [-0.15, -0.1) is 0 Å². The van der Waals surface area contributed by atoms with Crippen LogP contribution in [-0.4, -0.2) is 24.7 Å². The van der Waals surface area contributed by atoms with Gasteiger partial charge < -0.3 is 10.1 Å². The number of hydrogen-bond donors (Lipinski definition) is 1. The molecular formula is C9H13BrN2O. The Bertz CT molecular complexity index is 250. The minimum absolute atomic E-state index is 0.199. The highest BCUT2D eigenvalue weighted by molar-refractivity contribution is 9.10. The van der Waals surface area contributed by atoms with Crippen LogP contribution in [0.3, 0.4) is 0 Å². The molecule has 1 heterocycles. The molecule has 1 rings (SSSR count). The molecule has 0 aliphatic carbocycles. The Balaban J connectivity index is 2.41. The van der Waals surface area contributed by atoms with E-state index in [2.05, 4.69) is 26.2 Å². The lowest BCUT2D eigenvalue weighted by Crippen LogP contribution is -2.18. The third kappa shape index (κ3) is 3.74. The maximum absolute atomic E-state index is 5.10. The Morgan fingerprint density at radius 2 is 2.38 bits per heavy atom. The number of aromatic nitrogens is 1. The monoisotopic (exact) mass is 244 g/mol. The van der Waals surface area contributed by atoms with E-state index in [4.69, 9.17) is 4.74 Å². The van der Waals surface area contributed by atoms with E-state index in [1.807, 2.05) is 19.1 Å². The van der Waals surface area contributed by atoms with Crippen LogP contribution in [-0.2, 0) is 4.74 Å². The lowest BCUT2D eigenvalue weighted by molar-refractivity contribution is 0.128. The van der Waals surface area contributed by atoms with Gasteiger partial charge in [0, 0.05) is 24.3 Å². The molecule has 13 heavy (non-hydrogen) atoms. The van der Waals surface area contributed by atoms with Crippen molar-refractivity contribution < 1.29 is 4.74 Å². The summed E-state index contributed by atoms with van der Waals surface area (Å²) in [5.74, 6) is 0.868. The van der Waals surface area contributed by atoms with E-state index in [1.54, 1.807) is 13.3 Å². The van der Waals surface area contributed by atoms with Gasteiger partial charge in [0.15, 0.2) is 0 Å². The zero-order chi connectivity index (χ0) is 9.68. The van der Waals surface area contributed by atoms with E-state index in [0.29, 0.717) is 0 Å². The van der Waals surface area contributed by atoms with E-state index in [-0.39, 0.29) is 6.10 Å². The molecule has 0 amide bonds. The van der Waals surface area contributed by atoms with Crippen molar-refractivity contribution in [3.8, 4) is 0 Å². The van der Waals surface area contributed by atoms with Crippen molar-refractivity contribution in [2.45, 2.75) is 13.0 Å². The van der Waals surface area contributed by atoms with Gasteiger partial charge in [-0.3, -0.25) is 0 Å². The largest absolute Gasteiger partial charge is 0.380 e. The van der Waals surface area contributed by atoms with Gasteiger partial charge in [0.1, 0.15) is 5.82 Å². The van der Waals surface area contributed by atoms with Crippen LogP contribution in [0.5, 0.6) is 0 Å². The average Bonchev–Trinajstić information content (AvgIpc) is 2.16. The summed E-state index contributed by atoms with van der Waals surface area (Å²) in [6.07, 6.45) is 1.96. The molecule has 0 aliphatic rings. The molecule has 4 heteroatoms. The first-order valence-electron chi connectivity index (χ1n) is 4.10. The smallest absolute Gasteiger partial charge is 0.126 e. The maximum atomic E-state index is 5.10. The van der Waals surface area contributed by atoms with E-state index in [9.17, 15) is 0 Å². The first kappa shape index (κ1) is 10.5. The Kier molecular flexibility index (Phi) is 4.18. The summed E-state index contributed by atoms with van der Waals surface area (Å²) in [5.41, 5.74) is 0. The third-order valence-corrected chi connectivity index (χ3v) is 2.17. The third-order valence-electron chi connectivity index (χ3n) is 1.70. The quantitative estimate of drug-likeness (QED) is 0.883. The molecule has 0 saturated carbocycles. The SMILES string of the molecule is COC(C)CNc1ccc(Br)cn1. The van der Waals surface area contributed by atoms with E-state index >= 15 is 0 Å². The fourth-order valence-electron chi connectivity index (χ4n) is 0.812. The summed E-state index contributed by atoms with van der Waals surface area (Å²) in [5, 5.41) is 3.17. The van der Waals surface area contributed by atoms with Crippen LogP contribution in [0.25, 0.3) is 0 Å². The zero-order valence-corrected chi connectivity index (χ0v) is 9.34. The first-order chi connectivity index (χ1) is 6.22. The topological polar surface area (TPSA) is 34.1 Å². The summed E-state index contributed by atoms with van der Waals surface area (Å²) in [4.78, 5) is 4.17. The van der Waals surface area contributed by atoms with Gasteiger partial charge in [-0.1, -0.05) is 0 Å². The number of nitrogens with zero attached hydrogens (tertiary/aromatic N) is 1. The minimum Gasteiger partial charge on any atom is -0.380 e. The molecule has 1 aromatic rings. The Morgan fingerprint density at radius 1 is 1.62 bits per heavy atom. The minimum atomic E-state index is 0.199. The molecule has 1 unspecified atom stereocenters. The second kappa shape index (κ2) is 5.19. The lowest BCUT2D eigenvalue weighted by Gasteiger charge is -2.10. The van der Waals surface area contributed by atoms with Gasteiger partial charge in [-0.2, -0.15) is 0 Å². The number of anilines is 1. The van der Waals surface area contributed by atoms with Crippen molar-refractivity contribution in [3.63, 3.8) is 0 Å². The number of nitrogens with one attached hydrogen (secondary N) is 1. The summed E-state index contributed by atoms with van der Waals surface area (Å²) < 4.78 is 6.08. The number of hydrogen-bond acceptors (Lipinski definition) is 3. The predicted molar refractivity (Wildman–Crippen MR) is 56.9 cm³/mol. The second-order valence-corrected chi connectivity index (χ2v) is 3.70. The fraction of sp³-hybridized carbons (Fsp3) is 0.444. The molecule has 0 bridgehead atoms. The Labute approximate surface area is 86.6 Å². The molecule has 72 valence electrons. The molecule has 0 fully saturated rings. The molecular weight excluding hydrogens is 232 g/mol. The number of rotatable bonds is 4. The van der Waals surface area contributed by atoms with Crippen molar-refractivity contribution >= 4 is 21.7 Å². The van der Waals surface area contributed by atoms with Gasteiger partial charge in [0.25, 0.3) is 0 Å². The molecule has 0 saturated heterocycles. The van der Waals surface area contributed by atoms with Crippen LogP contribution in [0, 0.1) is 0 Å². The van der Waals surface area contributed by atoms with Gasteiger partial charge in [-0.25, -0.2) is 4.98 Å². The van der Waals surface area contributed by atoms with Gasteiger partial charge in [0.2, 0.25) is 0 Å². The Morgan fingerprint density at radius 3 is 2.92 bits per heavy atom. The summed E-state index contributed by atoms with van der Waals surface area (Å²) in [7, 11) is 1.70. The highest BCUT2D eigenvalue weighted by Crippen LogP contribution is 2.10. The molecule has 0 spiro atoms. The average molecular weight is 245 g/mol. The fourth-order valence-corrected chi connectivity index (χ4v) is 1.05. The van der Waals surface area contributed by atoms with Crippen molar-refractivity contribution in [2.75, 3.05) is 19.0 Å². The van der Waals surface area contributed by atoms with E-state index in [0.717, 1.165) is 16.8 Å². The number of methoxy groups -OCH3 is 1. The number of halogens is 1. The van der Waals surface area contributed by atoms with Crippen LogP contribution >= 0.6 is 15.9 Å². The lowest BCUT2D eigenvalue weighted by atomic mass is 10.4. The summed E-state index contributed by atoms with van der Waals surface area (Å²) >= 11 is 3.32. The van der Waals surface area contributed by atoms with Gasteiger partial charge >= 0.3 is 0 Å². The summed E-state index contributed by atoms with van der Waals surface area (Å²) in [6, 6.07) is 3.87. The molecule has 3 nitrogen and oxygen atoms in total. The van der Waals surface area contributed by atoms with Crippen LogP contribution in [0.15, 0.2) is 22.8 Å². The maximum Gasteiger partial charge on any atom is 0.126 e. The van der Waals surface area contributed by atoms with Crippen molar-refractivity contribution in [2.24, 2.45) is 0 Å². The van der Waals surface area contributed by atoms with Crippen molar-refractivity contribution in [3.05, 3.63) is 22.8 Å². The van der Waals surface area contributed by atoms with Gasteiger partial charge in [0.05, 0.1) is 6.10 Å². The first-order valence-corrected chi connectivity index (χ1v) is 4.90. The highest BCUT2D eigenvalue weighted by atomic mass is 79.9. The standard InChI is InChI=1S/C9H13BrN2O/c1-7(13-2)5-11-9-4-3-8(10)6-12-9/h3-4,6-7H,5H2,1-2H3,(H,11,12). The highest BCUT2D eigenvalue weighted by Gasteiger charge is 1.98. The number of ether oxygens (including phenoxy) is 1. The number of pyridine rings is 1. The molecule has 0 aromatic carbocycles. The van der Waals surface area contributed by atoms with Crippen molar-refractivity contribution in [1.29, 1.82) is 0 Å². The molecule has 1 atom stereocenters. The zero-order valence-electron chi connectivity index (χ0n) is 7.75. The predicted octanol–water partition coefficient (Wildman–Crippen LogP) is 2.29. The second-order valence-electron chi connectivity index (χ2n) is 2.79. The Hall–Kier alpha value is -0.610.